The molecule has 0 bridgehead atoms. The molecule has 2 heterocycles. The van der Waals surface area contributed by atoms with Crippen molar-refractivity contribution in [2.45, 2.75) is 26.3 Å². The summed E-state index contributed by atoms with van der Waals surface area (Å²) in [6.07, 6.45) is 1.13. The van der Waals surface area contributed by atoms with Crippen LogP contribution in [-0.4, -0.2) is 31.1 Å². The fourth-order valence-electron chi connectivity index (χ4n) is 3.45. The molecule has 2 aliphatic heterocycles. The van der Waals surface area contributed by atoms with Crippen molar-refractivity contribution in [3.63, 3.8) is 0 Å². The highest BCUT2D eigenvalue weighted by atomic mass is 15.2. The van der Waals surface area contributed by atoms with Gasteiger partial charge in [0.15, 0.2) is 0 Å². The molecule has 2 nitrogen and oxygen atoms in total. The molecule has 0 spiro atoms. The van der Waals surface area contributed by atoms with Gasteiger partial charge >= 0.3 is 0 Å². The van der Waals surface area contributed by atoms with E-state index in [-0.39, 0.29) is 0 Å². The van der Waals surface area contributed by atoms with Crippen LogP contribution < -0.4 is 5.32 Å². The van der Waals surface area contributed by atoms with Crippen molar-refractivity contribution in [1.82, 2.24) is 10.2 Å². The Balaban J connectivity index is 1.68. The molecular formula is C16H24N2. The molecule has 2 heteroatoms. The molecule has 98 valence electrons. The molecule has 0 aliphatic carbocycles. The third kappa shape index (κ3) is 2.19. The largest absolute Gasteiger partial charge is 0.316 e. The van der Waals surface area contributed by atoms with Gasteiger partial charge < -0.3 is 5.32 Å². The second kappa shape index (κ2) is 5.02. The smallest absolute Gasteiger partial charge is 0.0320 e. The minimum Gasteiger partial charge on any atom is -0.316 e. The van der Waals surface area contributed by atoms with E-state index in [1.54, 1.807) is 0 Å². The van der Waals surface area contributed by atoms with Crippen LogP contribution in [0.2, 0.25) is 0 Å². The van der Waals surface area contributed by atoms with Crippen LogP contribution in [0.3, 0.4) is 0 Å². The van der Waals surface area contributed by atoms with Crippen molar-refractivity contribution in [2.75, 3.05) is 26.2 Å². The van der Waals surface area contributed by atoms with E-state index in [1.807, 2.05) is 0 Å². The Morgan fingerprint density at radius 2 is 1.78 bits per heavy atom. The number of rotatable bonds is 3. The Hall–Kier alpha value is -0.860. The topological polar surface area (TPSA) is 15.3 Å². The standard InChI is InChI=1S/C16H24N2/c1-3-13-4-6-14(7-5-13)12(2)18-10-15-8-17-9-16(15)11-18/h4-7,12,15-17H,3,8-11H2,1-2H3/t12?,15-,16+. The van der Waals surface area contributed by atoms with Crippen LogP contribution in [0.5, 0.6) is 0 Å². The van der Waals surface area contributed by atoms with Gasteiger partial charge in [-0.1, -0.05) is 31.2 Å². The molecule has 1 aromatic rings. The molecule has 1 N–H and O–H groups in total. The average Bonchev–Trinajstić information content (AvgIpc) is 2.99. The first-order chi connectivity index (χ1) is 8.78. The van der Waals surface area contributed by atoms with E-state index in [1.165, 1.54) is 37.3 Å². The quantitative estimate of drug-likeness (QED) is 0.878. The zero-order chi connectivity index (χ0) is 12.5. The second-order valence-corrected chi connectivity index (χ2v) is 5.90. The molecule has 0 aromatic heterocycles. The number of fused-ring (bicyclic) bond motifs is 1. The van der Waals surface area contributed by atoms with E-state index >= 15 is 0 Å². The molecule has 3 rings (SSSR count). The van der Waals surface area contributed by atoms with Crippen molar-refractivity contribution < 1.29 is 0 Å². The van der Waals surface area contributed by atoms with E-state index in [0.29, 0.717) is 6.04 Å². The highest BCUT2D eigenvalue weighted by molar-refractivity contribution is 5.25. The van der Waals surface area contributed by atoms with Crippen molar-refractivity contribution in [3.8, 4) is 0 Å². The lowest BCUT2D eigenvalue weighted by Gasteiger charge is -2.25. The molecule has 1 unspecified atom stereocenters. The second-order valence-electron chi connectivity index (χ2n) is 5.90. The van der Waals surface area contributed by atoms with Gasteiger partial charge in [-0.3, -0.25) is 4.90 Å². The summed E-state index contributed by atoms with van der Waals surface area (Å²) in [5.74, 6) is 1.78. The average molecular weight is 244 g/mol. The van der Waals surface area contributed by atoms with Crippen LogP contribution in [0.15, 0.2) is 24.3 Å². The molecule has 1 aromatic carbocycles. The third-order valence-corrected chi connectivity index (χ3v) is 4.84. The first-order valence-electron chi connectivity index (χ1n) is 7.31. The number of aryl methyl sites for hydroxylation is 1. The maximum atomic E-state index is 3.51. The Bertz CT molecular complexity index is 386. The number of likely N-dealkylation sites (tertiary alicyclic amines) is 1. The van der Waals surface area contributed by atoms with Crippen LogP contribution in [0.25, 0.3) is 0 Å². The number of nitrogens with zero attached hydrogens (tertiary/aromatic N) is 1. The van der Waals surface area contributed by atoms with Crippen molar-refractivity contribution in [2.24, 2.45) is 11.8 Å². The highest BCUT2D eigenvalue weighted by Crippen LogP contribution is 2.32. The Kier molecular flexibility index (Phi) is 3.40. The van der Waals surface area contributed by atoms with Gasteiger partial charge in [-0.2, -0.15) is 0 Å². The van der Waals surface area contributed by atoms with E-state index in [0.717, 1.165) is 18.3 Å². The molecule has 2 aliphatic rings. The lowest BCUT2D eigenvalue weighted by molar-refractivity contribution is 0.244. The summed E-state index contributed by atoms with van der Waals surface area (Å²) in [4.78, 5) is 2.66. The van der Waals surface area contributed by atoms with E-state index in [4.69, 9.17) is 0 Å². The van der Waals surface area contributed by atoms with Gasteiger partial charge in [0, 0.05) is 19.1 Å². The van der Waals surface area contributed by atoms with Gasteiger partial charge in [-0.25, -0.2) is 0 Å². The Morgan fingerprint density at radius 3 is 2.33 bits per heavy atom. The van der Waals surface area contributed by atoms with Crippen LogP contribution in [-0.2, 0) is 6.42 Å². The molecular weight excluding hydrogens is 220 g/mol. The Morgan fingerprint density at radius 1 is 1.17 bits per heavy atom. The minimum absolute atomic E-state index is 0.571. The summed E-state index contributed by atoms with van der Waals surface area (Å²) in [6, 6.07) is 9.77. The first-order valence-corrected chi connectivity index (χ1v) is 7.31. The van der Waals surface area contributed by atoms with Gasteiger partial charge in [-0.15, -0.1) is 0 Å². The van der Waals surface area contributed by atoms with Crippen molar-refractivity contribution in [3.05, 3.63) is 35.4 Å². The fraction of sp³-hybridized carbons (Fsp3) is 0.625. The summed E-state index contributed by atoms with van der Waals surface area (Å²) in [5.41, 5.74) is 2.91. The molecule has 3 atom stereocenters. The summed E-state index contributed by atoms with van der Waals surface area (Å²) in [6.45, 7) is 9.57. The number of hydrogen-bond acceptors (Lipinski definition) is 2. The monoisotopic (exact) mass is 244 g/mol. The molecule has 0 amide bonds. The maximum absolute atomic E-state index is 3.51. The molecule has 2 fully saturated rings. The third-order valence-electron chi connectivity index (χ3n) is 4.84. The summed E-state index contributed by atoms with van der Waals surface area (Å²) < 4.78 is 0. The normalized spacial score (nSPS) is 29.4. The van der Waals surface area contributed by atoms with Crippen LogP contribution in [0, 0.1) is 11.8 Å². The van der Waals surface area contributed by atoms with Crippen LogP contribution >= 0.6 is 0 Å². The lowest BCUT2D eigenvalue weighted by Crippen LogP contribution is -2.28. The predicted molar refractivity (Wildman–Crippen MR) is 75.7 cm³/mol. The number of hydrogen-bond donors (Lipinski definition) is 1. The lowest BCUT2D eigenvalue weighted by atomic mass is 10.0. The highest BCUT2D eigenvalue weighted by Gasteiger charge is 2.37. The summed E-state index contributed by atoms with van der Waals surface area (Å²) >= 11 is 0. The predicted octanol–water partition coefficient (Wildman–Crippen LogP) is 2.46. The van der Waals surface area contributed by atoms with Gasteiger partial charge in [-0.05, 0) is 49.4 Å². The van der Waals surface area contributed by atoms with Gasteiger partial charge in [0.1, 0.15) is 0 Å². The van der Waals surface area contributed by atoms with E-state index in [9.17, 15) is 0 Å². The zero-order valence-electron chi connectivity index (χ0n) is 11.5. The SMILES string of the molecule is CCc1ccc(C(C)N2C[C@H]3CNC[C@H]3C2)cc1. The maximum Gasteiger partial charge on any atom is 0.0320 e. The van der Waals surface area contributed by atoms with Gasteiger partial charge in [0.25, 0.3) is 0 Å². The van der Waals surface area contributed by atoms with Gasteiger partial charge in [0.05, 0.1) is 0 Å². The van der Waals surface area contributed by atoms with E-state index in [2.05, 4.69) is 48.3 Å². The molecule has 0 radical (unpaired) electrons. The van der Waals surface area contributed by atoms with Crippen LogP contribution in [0.1, 0.15) is 31.0 Å². The Labute approximate surface area is 110 Å². The van der Waals surface area contributed by atoms with E-state index < -0.39 is 0 Å². The molecule has 0 saturated carbocycles. The molecule has 2 saturated heterocycles. The fourth-order valence-corrected chi connectivity index (χ4v) is 3.45. The summed E-state index contributed by atoms with van der Waals surface area (Å²) in [7, 11) is 0. The van der Waals surface area contributed by atoms with Gasteiger partial charge in [0.2, 0.25) is 0 Å². The van der Waals surface area contributed by atoms with Crippen molar-refractivity contribution in [1.29, 1.82) is 0 Å². The molecule has 18 heavy (non-hydrogen) atoms. The van der Waals surface area contributed by atoms with Crippen LogP contribution in [0.4, 0.5) is 0 Å². The summed E-state index contributed by atoms with van der Waals surface area (Å²) in [5, 5.41) is 3.51. The zero-order valence-corrected chi connectivity index (χ0v) is 11.5. The van der Waals surface area contributed by atoms with Crippen molar-refractivity contribution >= 4 is 0 Å². The minimum atomic E-state index is 0.571. The number of benzene rings is 1. The number of nitrogens with one attached hydrogen (secondary N) is 1. The first kappa shape index (κ1) is 12.2.